The van der Waals surface area contributed by atoms with Crippen molar-refractivity contribution in [3.8, 4) is 11.5 Å². The lowest BCUT2D eigenvalue weighted by atomic mass is 9.69. The molecule has 2 fully saturated rings. The summed E-state index contributed by atoms with van der Waals surface area (Å²) in [5, 5.41) is 3.33. The number of nitrogens with zero attached hydrogens (tertiary/aromatic N) is 2. The van der Waals surface area contributed by atoms with Crippen molar-refractivity contribution in [2.24, 2.45) is 0 Å². The van der Waals surface area contributed by atoms with Crippen LogP contribution in [0.2, 0.25) is 0 Å². The van der Waals surface area contributed by atoms with Gasteiger partial charge in [-0.05, 0) is 75.2 Å². The van der Waals surface area contributed by atoms with E-state index in [2.05, 4.69) is 36.4 Å². The van der Waals surface area contributed by atoms with Crippen LogP contribution in [0.25, 0.3) is 0 Å². The van der Waals surface area contributed by atoms with Crippen molar-refractivity contribution in [2.75, 3.05) is 41.7 Å². The third-order valence-corrected chi connectivity index (χ3v) is 7.31. The van der Waals surface area contributed by atoms with Crippen LogP contribution in [0.3, 0.4) is 0 Å². The van der Waals surface area contributed by atoms with Crippen LogP contribution in [0.15, 0.2) is 48.5 Å². The van der Waals surface area contributed by atoms with Crippen molar-refractivity contribution in [3.05, 3.63) is 59.7 Å². The highest BCUT2D eigenvalue weighted by molar-refractivity contribution is 5.78. The molecule has 2 amide bonds. The maximum Gasteiger partial charge on any atom is 0.318 e. The van der Waals surface area contributed by atoms with Crippen LogP contribution in [0.5, 0.6) is 11.5 Å². The van der Waals surface area contributed by atoms with Gasteiger partial charge in [0, 0.05) is 25.7 Å². The lowest BCUT2D eigenvalue weighted by molar-refractivity contribution is 0.0504. The number of hydrogen-bond acceptors (Lipinski definition) is 5. The molecule has 1 spiro atoms. The van der Waals surface area contributed by atoms with Crippen molar-refractivity contribution in [1.29, 1.82) is 0 Å². The molecule has 4 rings (SSSR count). The Morgan fingerprint density at radius 2 is 1.58 bits per heavy atom. The highest BCUT2D eigenvalue weighted by Crippen LogP contribution is 2.46. The van der Waals surface area contributed by atoms with E-state index in [4.69, 9.17) is 14.2 Å². The Labute approximate surface area is 196 Å². The number of benzene rings is 2. The third-order valence-electron chi connectivity index (χ3n) is 7.31. The van der Waals surface area contributed by atoms with E-state index < -0.39 is 0 Å². The molecule has 1 aliphatic heterocycles. The van der Waals surface area contributed by atoms with E-state index >= 15 is 0 Å². The molecule has 2 aromatic carbocycles. The molecule has 0 unspecified atom stereocenters. The number of carbonyl (C=O) groups excluding carboxylic acids is 1. The molecule has 0 bridgehead atoms. The van der Waals surface area contributed by atoms with Crippen LogP contribution in [-0.2, 0) is 16.8 Å². The van der Waals surface area contributed by atoms with Gasteiger partial charge in [0.1, 0.15) is 11.5 Å². The number of rotatable bonds is 8. The van der Waals surface area contributed by atoms with Gasteiger partial charge in [0.15, 0.2) is 6.79 Å². The number of carbonyl (C=O) groups is 1. The Morgan fingerprint density at radius 3 is 2.15 bits per heavy atom. The second-order valence-corrected chi connectivity index (χ2v) is 9.42. The number of urea groups is 1. The molecule has 1 saturated carbocycles. The maximum atomic E-state index is 12.8. The van der Waals surface area contributed by atoms with Crippen LogP contribution < -0.4 is 14.8 Å². The molecule has 1 N–H and O–H groups in total. The summed E-state index contributed by atoms with van der Waals surface area (Å²) in [5.74, 6) is 1.63. The lowest BCUT2D eigenvalue weighted by Crippen LogP contribution is -2.54. The Bertz CT molecular complexity index is 935. The zero-order valence-corrected chi connectivity index (χ0v) is 20.1. The Hall–Kier alpha value is -2.77. The average molecular weight is 454 g/mol. The van der Waals surface area contributed by atoms with Crippen molar-refractivity contribution in [3.63, 3.8) is 0 Å². The van der Waals surface area contributed by atoms with E-state index in [9.17, 15) is 4.79 Å². The Kier molecular flexibility index (Phi) is 6.81. The summed E-state index contributed by atoms with van der Waals surface area (Å²) in [4.78, 5) is 17.1. The van der Waals surface area contributed by atoms with E-state index in [0.717, 1.165) is 49.3 Å². The summed E-state index contributed by atoms with van der Waals surface area (Å²) in [6.45, 7) is 1.60. The van der Waals surface area contributed by atoms with Gasteiger partial charge in [-0.2, -0.15) is 0 Å². The predicted molar refractivity (Wildman–Crippen MR) is 127 cm³/mol. The molecule has 178 valence electrons. The zero-order chi connectivity index (χ0) is 23.5. The van der Waals surface area contributed by atoms with Gasteiger partial charge in [0.25, 0.3) is 0 Å². The molecular formula is C26H35N3O4. The summed E-state index contributed by atoms with van der Waals surface area (Å²) >= 11 is 0. The fourth-order valence-electron chi connectivity index (χ4n) is 5.27. The molecule has 0 aromatic heterocycles. The number of methoxy groups -OCH3 is 2. The Morgan fingerprint density at radius 1 is 0.939 bits per heavy atom. The molecule has 1 saturated heterocycles. The second kappa shape index (κ2) is 9.61. The largest absolute Gasteiger partial charge is 0.497 e. The van der Waals surface area contributed by atoms with Crippen LogP contribution >= 0.6 is 0 Å². The maximum absolute atomic E-state index is 12.8. The summed E-state index contributed by atoms with van der Waals surface area (Å²) in [6.07, 6.45) is 3.85. The molecule has 0 radical (unpaired) electrons. The first-order valence-corrected chi connectivity index (χ1v) is 11.5. The number of nitrogens with one attached hydrogen (secondary N) is 1. The van der Waals surface area contributed by atoms with Gasteiger partial charge >= 0.3 is 6.03 Å². The summed E-state index contributed by atoms with van der Waals surface area (Å²) in [7, 11) is 7.58. The molecule has 7 nitrogen and oxygen atoms in total. The van der Waals surface area contributed by atoms with Crippen molar-refractivity contribution in [1.82, 2.24) is 15.1 Å². The smallest absolute Gasteiger partial charge is 0.318 e. The highest BCUT2D eigenvalue weighted by atomic mass is 16.7. The van der Waals surface area contributed by atoms with Gasteiger partial charge in [0.05, 0.1) is 12.6 Å². The molecule has 33 heavy (non-hydrogen) atoms. The standard InChI is InChI=1S/C26H35N3O4/c1-28(2)26(21-7-11-23(12-8-21)33-19-31-3)15-13-25(14-16-26)18-29(24(30)27-25)17-20-5-9-22(32-4)10-6-20/h5-12H,13-19H2,1-4H3,(H,27,30). The average Bonchev–Trinajstić information content (AvgIpc) is 3.13. The molecule has 0 atom stereocenters. The first-order valence-electron chi connectivity index (χ1n) is 11.5. The summed E-state index contributed by atoms with van der Waals surface area (Å²) in [5.41, 5.74) is 2.17. The second-order valence-electron chi connectivity index (χ2n) is 9.42. The highest BCUT2D eigenvalue weighted by Gasteiger charge is 2.49. The van der Waals surface area contributed by atoms with Crippen LogP contribution in [0.4, 0.5) is 4.79 Å². The molecule has 2 aromatic rings. The van der Waals surface area contributed by atoms with E-state index in [1.54, 1.807) is 14.2 Å². The van der Waals surface area contributed by atoms with Crippen LogP contribution in [0.1, 0.15) is 36.8 Å². The van der Waals surface area contributed by atoms with Crippen molar-refractivity contribution >= 4 is 6.03 Å². The van der Waals surface area contributed by atoms with E-state index in [1.807, 2.05) is 41.3 Å². The lowest BCUT2D eigenvalue weighted by Gasteiger charge is -2.48. The molecular weight excluding hydrogens is 418 g/mol. The van der Waals surface area contributed by atoms with Gasteiger partial charge in [-0.1, -0.05) is 24.3 Å². The van der Waals surface area contributed by atoms with Gasteiger partial charge in [-0.25, -0.2) is 4.79 Å². The van der Waals surface area contributed by atoms with Crippen LogP contribution in [0, 0.1) is 0 Å². The van der Waals surface area contributed by atoms with E-state index in [0.29, 0.717) is 6.54 Å². The third kappa shape index (κ3) is 4.80. The van der Waals surface area contributed by atoms with Crippen molar-refractivity contribution < 1.29 is 19.0 Å². The fraction of sp³-hybridized carbons (Fsp3) is 0.500. The monoisotopic (exact) mass is 453 g/mol. The normalized spacial score (nSPS) is 24.9. The molecule has 1 aliphatic carbocycles. The fourth-order valence-corrected chi connectivity index (χ4v) is 5.27. The van der Waals surface area contributed by atoms with Crippen molar-refractivity contribution in [2.45, 2.75) is 43.3 Å². The summed E-state index contributed by atoms with van der Waals surface area (Å²) < 4.78 is 15.8. The minimum atomic E-state index is -0.162. The number of hydrogen-bond donors (Lipinski definition) is 1. The predicted octanol–water partition coefficient (Wildman–Crippen LogP) is 3.97. The minimum Gasteiger partial charge on any atom is -0.497 e. The number of ether oxygens (including phenoxy) is 3. The molecule has 7 heteroatoms. The Balaban J connectivity index is 1.43. The van der Waals surface area contributed by atoms with E-state index in [-0.39, 0.29) is 23.9 Å². The van der Waals surface area contributed by atoms with Gasteiger partial charge in [-0.15, -0.1) is 0 Å². The molecule has 1 heterocycles. The summed E-state index contributed by atoms with van der Waals surface area (Å²) in [6, 6.07) is 16.3. The quantitative estimate of drug-likeness (QED) is 0.613. The van der Waals surface area contributed by atoms with Gasteiger partial charge in [-0.3, -0.25) is 4.90 Å². The van der Waals surface area contributed by atoms with Crippen LogP contribution in [-0.4, -0.2) is 63.0 Å². The zero-order valence-electron chi connectivity index (χ0n) is 20.1. The van der Waals surface area contributed by atoms with Gasteiger partial charge < -0.3 is 24.4 Å². The minimum absolute atomic E-state index is 0.0304. The first-order chi connectivity index (χ1) is 15.9. The SMILES string of the molecule is COCOc1ccc(C2(N(C)C)CCC3(CC2)CN(Cc2ccc(OC)cc2)C(=O)N3)cc1. The first kappa shape index (κ1) is 23.4. The molecule has 2 aliphatic rings. The topological polar surface area (TPSA) is 63.3 Å². The van der Waals surface area contributed by atoms with E-state index in [1.165, 1.54) is 5.56 Å². The number of amides is 2. The van der Waals surface area contributed by atoms with Gasteiger partial charge in [0.2, 0.25) is 0 Å².